The molecule has 0 saturated carbocycles. The van der Waals surface area contributed by atoms with Gasteiger partial charge in [-0.05, 0) is 43.1 Å². The molecule has 1 aliphatic rings. The molecule has 30 heavy (non-hydrogen) atoms. The average molecular weight is 442 g/mol. The van der Waals surface area contributed by atoms with E-state index in [2.05, 4.69) is 45.4 Å². The van der Waals surface area contributed by atoms with Crippen molar-refractivity contribution in [1.29, 1.82) is 0 Å². The highest BCUT2D eigenvalue weighted by atomic mass is 35.5. The van der Waals surface area contributed by atoms with Gasteiger partial charge < -0.3 is 10.6 Å². The fourth-order valence-corrected chi connectivity index (χ4v) is 4.96. The van der Waals surface area contributed by atoms with Crippen molar-refractivity contribution in [2.75, 3.05) is 38.5 Å². The van der Waals surface area contributed by atoms with E-state index in [9.17, 15) is 4.79 Å². The fourth-order valence-electron chi connectivity index (χ4n) is 3.98. The van der Waals surface area contributed by atoms with E-state index in [4.69, 9.17) is 5.73 Å². The first-order valence-corrected chi connectivity index (χ1v) is 11.1. The summed E-state index contributed by atoms with van der Waals surface area (Å²) in [5.74, 6) is 2.21. The standard InChI is InChI=1S/C24H27N3OS.ClH/c25-21-9-7-19(8-10-21)16-27-14-12-26(13-15-27)11-3-4-20(17-28)23-18-29-24-6-2-1-5-22(23)24;/h1-2,5-10,18H,3-4,11-16,25H2;1H. The molecule has 158 valence electrons. The summed E-state index contributed by atoms with van der Waals surface area (Å²) in [4.78, 5) is 16.6. The van der Waals surface area contributed by atoms with Gasteiger partial charge in [-0.2, -0.15) is 0 Å². The third-order valence-corrected chi connectivity index (χ3v) is 6.64. The second-order valence-corrected chi connectivity index (χ2v) is 8.60. The van der Waals surface area contributed by atoms with Gasteiger partial charge in [-0.3, -0.25) is 4.90 Å². The molecule has 4 nitrogen and oxygen atoms in total. The molecule has 3 aromatic rings. The lowest BCUT2D eigenvalue weighted by Crippen LogP contribution is -2.46. The summed E-state index contributed by atoms with van der Waals surface area (Å²) < 4.78 is 1.23. The Morgan fingerprint density at radius 1 is 1.00 bits per heavy atom. The number of piperazine rings is 1. The van der Waals surface area contributed by atoms with Gasteiger partial charge in [0.1, 0.15) is 5.94 Å². The lowest BCUT2D eigenvalue weighted by Gasteiger charge is -2.34. The summed E-state index contributed by atoms with van der Waals surface area (Å²) in [5, 5.41) is 3.27. The van der Waals surface area contributed by atoms with E-state index >= 15 is 0 Å². The molecule has 0 radical (unpaired) electrons. The fraction of sp³-hybridized carbons (Fsp3) is 0.333. The van der Waals surface area contributed by atoms with E-state index < -0.39 is 0 Å². The number of hydrogen-bond donors (Lipinski definition) is 1. The molecule has 0 bridgehead atoms. The molecule has 4 rings (SSSR count). The van der Waals surface area contributed by atoms with Crippen LogP contribution in [0.15, 0.2) is 53.9 Å². The molecule has 1 aromatic heterocycles. The average Bonchev–Trinajstić information content (AvgIpc) is 3.18. The monoisotopic (exact) mass is 441 g/mol. The number of benzene rings is 2. The van der Waals surface area contributed by atoms with Gasteiger partial charge in [0.25, 0.3) is 0 Å². The molecule has 2 heterocycles. The second kappa shape index (κ2) is 10.8. The number of nitrogens with zero attached hydrogens (tertiary/aromatic N) is 2. The molecular weight excluding hydrogens is 414 g/mol. The first kappa shape index (κ1) is 22.5. The van der Waals surface area contributed by atoms with Gasteiger partial charge in [0.2, 0.25) is 0 Å². The second-order valence-electron chi connectivity index (χ2n) is 7.69. The number of nitrogens with two attached hydrogens (primary N) is 1. The number of thiophene rings is 1. The Hall–Kier alpha value is -2.14. The smallest absolute Gasteiger partial charge is 0.128 e. The zero-order valence-corrected chi connectivity index (χ0v) is 18.7. The van der Waals surface area contributed by atoms with Crippen molar-refractivity contribution in [2.45, 2.75) is 19.4 Å². The molecule has 0 unspecified atom stereocenters. The first-order valence-electron chi connectivity index (χ1n) is 10.2. The molecule has 1 fully saturated rings. The number of hydrogen-bond acceptors (Lipinski definition) is 5. The Morgan fingerprint density at radius 2 is 1.70 bits per heavy atom. The van der Waals surface area contributed by atoms with Crippen LogP contribution in [0.1, 0.15) is 24.0 Å². The number of allylic oxidation sites excluding steroid dienone is 1. The zero-order valence-electron chi connectivity index (χ0n) is 17.0. The maximum Gasteiger partial charge on any atom is 0.128 e. The van der Waals surface area contributed by atoms with Crippen molar-refractivity contribution in [3.8, 4) is 0 Å². The Balaban J connectivity index is 0.00000256. The van der Waals surface area contributed by atoms with Crippen molar-refractivity contribution in [3.05, 3.63) is 65.0 Å². The predicted octanol–water partition coefficient (Wildman–Crippen LogP) is 4.72. The summed E-state index contributed by atoms with van der Waals surface area (Å²) in [6.45, 7) is 6.33. The highest BCUT2D eigenvalue weighted by molar-refractivity contribution is 7.17. The molecule has 6 heteroatoms. The van der Waals surface area contributed by atoms with Crippen LogP contribution in [-0.4, -0.2) is 48.5 Å². The molecule has 0 spiro atoms. The minimum atomic E-state index is 0. The maximum atomic E-state index is 11.6. The highest BCUT2D eigenvalue weighted by Crippen LogP contribution is 2.31. The maximum absolute atomic E-state index is 11.6. The van der Waals surface area contributed by atoms with Gasteiger partial charge in [0.05, 0.1) is 0 Å². The van der Waals surface area contributed by atoms with Crippen molar-refractivity contribution >= 4 is 51.0 Å². The van der Waals surface area contributed by atoms with E-state index in [-0.39, 0.29) is 12.4 Å². The van der Waals surface area contributed by atoms with Gasteiger partial charge in [-0.1, -0.05) is 30.3 Å². The number of rotatable bonds is 7. The molecule has 0 atom stereocenters. The van der Waals surface area contributed by atoms with Crippen LogP contribution in [0, 0.1) is 0 Å². The van der Waals surface area contributed by atoms with Crippen molar-refractivity contribution in [3.63, 3.8) is 0 Å². The summed E-state index contributed by atoms with van der Waals surface area (Å²) in [7, 11) is 0. The van der Waals surface area contributed by atoms with Crippen molar-refractivity contribution in [1.82, 2.24) is 9.80 Å². The topological polar surface area (TPSA) is 49.6 Å². The summed E-state index contributed by atoms with van der Waals surface area (Å²) in [6, 6.07) is 16.5. The number of fused-ring (bicyclic) bond motifs is 1. The van der Waals surface area contributed by atoms with Crippen molar-refractivity contribution in [2.24, 2.45) is 0 Å². The van der Waals surface area contributed by atoms with E-state index in [1.807, 2.05) is 24.3 Å². The van der Waals surface area contributed by atoms with Gasteiger partial charge in [0, 0.05) is 65.0 Å². The van der Waals surface area contributed by atoms with Crippen LogP contribution in [-0.2, 0) is 11.3 Å². The lowest BCUT2D eigenvalue weighted by atomic mass is 10.0. The molecule has 2 aromatic carbocycles. The number of nitrogen functional groups attached to an aromatic ring is 1. The molecule has 1 saturated heterocycles. The lowest BCUT2D eigenvalue weighted by molar-refractivity contribution is 0.126. The van der Waals surface area contributed by atoms with Crippen LogP contribution in [0.5, 0.6) is 0 Å². The summed E-state index contributed by atoms with van der Waals surface area (Å²) >= 11 is 1.70. The van der Waals surface area contributed by atoms with Crippen LogP contribution in [0.4, 0.5) is 5.69 Å². The van der Waals surface area contributed by atoms with Crippen LogP contribution in [0.2, 0.25) is 0 Å². The van der Waals surface area contributed by atoms with Gasteiger partial charge >= 0.3 is 0 Å². The highest BCUT2D eigenvalue weighted by Gasteiger charge is 2.17. The first-order chi connectivity index (χ1) is 14.2. The zero-order chi connectivity index (χ0) is 20.1. The van der Waals surface area contributed by atoms with Crippen molar-refractivity contribution < 1.29 is 4.79 Å². The van der Waals surface area contributed by atoms with Gasteiger partial charge in [0.15, 0.2) is 0 Å². The molecular formula is C24H28ClN3OS. The Bertz CT molecular complexity index is 1000. The van der Waals surface area contributed by atoms with Gasteiger partial charge in [-0.25, -0.2) is 4.79 Å². The van der Waals surface area contributed by atoms with Crippen LogP contribution >= 0.6 is 23.7 Å². The van der Waals surface area contributed by atoms with Crippen LogP contribution in [0.3, 0.4) is 0 Å². The van der Waals surface area contributed by atoms with E-state index in [1.165, 1.54) is 15.6 Å². The quantitative estimate of drug-likeness (QED) is 0.425. The Morgan fingerprint density at radius 3 is 2.43 bits per heavy atom. The number of halogens is 1. The number of anilines is 1. The predicted molar refractivity (Wildman–Crippen MR) is 130 cm³/mol. The van der Waals surface area contributed by atoms with E-state index in [0.29, 0.717) is 0 Å². The largest absolute Gasteiger partial charge is 0.399 e. The summed E-state index contributed by atoms with van der Waals surface area (Å²) in [5.41, 5.74) is 9.78. The molecule has 1 aliphatic heterocycles. The molecule has 0 amide bonds. The van der Waals surface area contributed by atoms with Gasteiger partial charge in [-0.15, -0.1) is 23.7 Å². The summed E-state index contributed by atoms with van der Waals surface area (Å²) in [6.07, 6.45) is 1.78. The third kappa shape index (κ3) is 5.51. The number of carbonyl (C=O) groups excluding carboxylic acids is 1. The minimum absolute atomic E-state index is 0. The minimum Gasteiger partial charge on any atom is -0.399 e. The third-order valence-electron chi connectivity index (χ3n) is 5.68. The normalized spacial score (nSPS) is 14.9. The Kier molecular flexibility index (Phi) is 8.08. The van der Waals surface area contributed by atoms with E-state index in [1.54, 1.807) is 11.3 Å². The molecule has 0 aliphatic carbocycles. The van der Waals surface area contributed by atoms with Crippen LogP contribution < -0.4 is 5.73 Å². The van der Waals surface area contributed by atoms with Crippen LogP contribution in [0.25, 0.3) is 15.7 Å². The van der Waals surface area contributed by atoms with E-state index in [0.717, 1.165) is 68.9 Å². The Labute approximate surface area is 188 Å². The SMILES string of the molecule is Cl.Nc1ccc(CN2CCN(CCCC(=C=O)c3csc4ccccc34)CC2)cc1. The molecule has 2 N–H and O–H groups in total.